The second-order valence-corrected chi connectivity index (χ2v) is 6.65. The van der Waals surface area contributed by atoms with Crippen LogP contribution in [0.4, 0.5) is 16.2 Å². The van der Waals surface area contributed by atoms with Crippen molar-refractivity contribution in [3.05, 3.63) is 42.1 Å². The number of hydrogen-bond acceptors (Lipinski definition) is 8. The molecule has 0 radical (unpaired) electrons. The van der Waals surface area contributed by atoms with Crippen molar-refractivity contribution in [2.45, 2.75) is 18.8 Å². The average molecular weight is 379 g/mol. The van der Waals surface area contributed by atoms with Gasteiger partial charge in [-0.1, -0.05) is 0 Å². The third-order valence-corrected chi connectivity index (χ3v) is 5.01. The fourth-order valence-electron chi connectivity index (χ4n) is 3.47. The highest BCUT2D eigenvalue weighted by Crippen LogP contribution is 2.33. The van der Waals surface area contributed by atoms with Crippen LogP contribution in [0.2, 0.25) is 0 Å². The number of nitrogen functional groups attached to an aromatic ring is 1. The van der Waals surface area contributed by atoms with E-state index in [4.69, 9.17) is 5.73 Å². The maximum absolute atomic E-state index is 13.2. The molecule has 1 aliphatic heterocycles. The van der Waals surface area contributed by atoms with Crippen molar-refractivity contribution in [1.29, 1.82) is 5.26 Å². The summed E-state index contributed by atoms with van der Waals surface area (Å²) in [6.45, 7) is 1.45. The lowest BCUT2D eigenvalue weighted by atomic mass is 9.95. The lowest BCUT2D eigenvalue weighted by Gasteiger charge is -2.33. The van der Waals surface area contributed by atoms with E-state index < -0.39 is 5.95 Å². The molecule has 0 bridgehead atoms. The van der Waals surface area contributed by atoms with Gasteiger partial charge in [0, 0.05) is 49.6 Å². The van der Waals surface area contributed by atoms with E-state index in [1.165, 1.54) is 12.3 Å². The van der Waals surface area contributed by atoms with Crippen molar-refractivity contribution in [3.63, 3.8) is 0 Å². The summed E-state index contributed by atoms with van der Waals surface area (Å²) in [5.41, 5.74) is 7.21. The van der Waals surface area contributed by atoms with Crippen molar-refractivity contribution in [1.82, 2.24) is 29.7 Å². The third kappa shape index (κ3) is 3.22. The molecule has 0 aromatic carbocycles. The molecule has 9 nitrogen and oxygen atoms in total. The number of rotatable bonds is 3. The van der Waals surface area contributed by atoms with E-state index in [0.717, 1.165) is 31.8 Å². The van der Waals surface area contributed by atoms with E-state index in [1.807, 2.05) is 17.7 Å². The Morgan fingerprint density at radius 2 is 1.96 bits per heavy atom. The van der Waals surface area contributed by atoms with Gasteiger partial charge in [-0.05, 0) is 25.0 Å². The Morgan fingerprint density at radius 1 is 1.18 bits per heavy atom. The summed E-state index contributed by atoms with van der Waals surface area (Å²) in [7, 11) is 1.86. The summed E-state index contributed by atoms with van der Waals surface area (Å²) < 4.78 is 15.0. The normalized spacial score (nSPS) is 14.8. The van der Waals surface area contributed by atoms with Crippen molar-refractivity contribution in [2.75, 3.05) is 23.7 Å². The second-order valence-electron chi connectivity index (χ2n) is 6.65. The topological polar surface area (TPSA) is 122 Å². The summed E-state index contributed by atoms with van der Waals surface area (Å²) in [4.78, 5) is 14.3. The molecule has 1 saturated heterocycles. The molecular formula is C18H18FN9. The minimum atomic E-state index is -0.552. The Kier molecular flexibility index (Phi) is 4.57. The van der Waals surface area contributed by atoms with Gasteiger partial charge in [-0.15, -0.1) is 10.2 Å². The van der Waals surface area contributed by atoms with Crippen LogP contribution >= 0.6 is 0 Å². The van der Waals surface area contributed by atoms with Gasteiger partial charge in [0.15, 0.2) is 0 Å². The highest BCUT2D eigenvalue weighted by Gasteiger charge is 2.27. The van der Waals surface area contributed by atoms with Crippen LogP contribution in [0.1, 0.15) is 30.4 Å². The molecule has 0 aliphatic carbocycles. The van der Waals surface area contributed by atoms with Gasteiger partial charge in [-0.2, -0.15) is 9.65 Å². The van der Waals surface area contributed by atoms with Crippen LogP contribution in [0.5, 0.6) is 0 Å². The summed E-state index contributed by atoms with van der Waals surface area (Å²) >= 11 is 0. The number of nitrogens with two attached hydrogens (primary N) is 1. The molecule has 4 heterocycles. The first-order chi connectivity index (χ1) is 13.6. The van der Waals surface area contributed by atoms with Crippen LogP contribution < -0.4 is 10.6 Å². The number of aromatic nitrogens is 6. The molecule has 28 heavy (non-hydrogen) atoms. The van der Waals surface area contributed by atoms with Crippen LogP contribution in [-0.2, 0) is 7.05 Å². The maximum atomic E-state index is 13.2. The number of hydrogen-bond donors (Lipinski definition) is 1. The zero-order valence-corrected chi connectivity index (χ0v) is 15.2. The van der Waals surface area contributed by atoms with Gasteiger partial charge in [0.05, 0.1) is 0 Å². The first-order valence-corrected chi connectivity index (χ1v) is 8.85. The van der Waals surface area contributed by atoms with Gasteiger partial charge in [-0.3, -0.25) is 0 Å². The zero-order chi connectivity index (χ0) is 19.7. The van der Waals surface area contributed by atoms with E-state index in [2.05, 4.69) is 30.0 Å². The standard InChI is InChI=1S/C18H18FN9/c1-27-16(25-26-18(27)21)11-4-6-28(7-5-11)17-13(10-23-15(8-20)24-17)12-2-3-14(19)22-9-12/h2-3,9-11H,4-7H2,1H3,(H2,21,26). The molecule has 0 atom stereocenters. The van der Waals surface area contributed by atoms with Gasteiger partial charge >= 0.3 is 0 Å². The first kappa shape index (κ1) is 17.8. The summed E-state index contributed by atoms with van der Waals surface area (Å²) in [5, 5.41) is 17.3. The van der Waals surface area contributed by atoms with Crippen molar-refractivity contribution in [2.24, 2.45) is 7.05 Å². The van der Waals surface area contributed by atoms with Gasteiger partial charge in [-0.25, -0.2) is 15.0 Å². The van der Waals surface area contributed by atoms with Gasteiger partial charge in [0.2, 0.25) is 17.7 Å². The van der Waals surface area contributed by atoms with Gasteiger partial charge < -0.3 is 15.2 Å². The van der Waals surface area contributed by atoms with Gasteiger partial charge in [0.25, 0.3) is 0 Å². The van der Waals surface area contributed by atoms with E-state index in [9.17, 15) is 9.65 Å². The quantitative estimate of drug-likeness (QED) is 0.682. The van der Waals surface area contributed by atoms with Crippen molar-refractivity contribution in [3.8, 4) is 17.2 Å². The Morgan fingerprint density at radius 3 is 2.57 bits per heavy atom. The van der Waals surface area contributed by atoms with Crippen LogP contribution in [0.25, 0.3) is 11.1 Å². The molecule has 1 aliphatic rings. The summed E-state index contributed by atoms with van der Waals surface area (Å²) in [6, 6.07) is 4.90. The number of nitriles is 1. The van der Waals surface area contributed by atoms with E-state index in [0.29, 0.717) is 22.9 Å². The number of anilines is 2. The summed E-state index contributed by atoms with van der Waals surface area (Å²) in [5.74, 6) is 1.72. The molecule has 0 amide bonds. The number of nitrogens with zero attached hydrogens (tertiary/aromatic N) is 8. The lowest BCUT2D eigenvalue weighted by Crippen LogP contribution is -2.34. The Bertz CT molecular complexity index is 1030. The Balaban J connectivity index is 1.61. The molecule has 3 aromatic rings. The predicted molar refractivity (Wildman–Crippen MR) is 99.5 cm³/mol. The molecule has 4 rings (SSSR count). The molecule has 10 heteroatoms. The monoisotopic (exact) mass is 379 g/mol. The SMILES string of the molecule is Cn1c(N)nnc1C1CCN(c2nc(C#N)ncc2-c2ccc(F)nc2)CC1. The fourth-order valence-corrected chi connectivity index (χ4v) is 3.47. The van der Waals surface area contributed by atoms with Crippen molar-refractivity contribution < 1.29 is 4.39 Å². The van der Waals surface area contributed by atoms with Crippen LogP contribution in [0.15, 0.2) is 24.5 Å². The number of pyridine rings is 1. The highest BCUT2D eigenvalue weighted by atomic mass is 19.1. The highest BCUT2D eigenvalue weighted by molar-refractivity contribution is 5.75. The summed E-state index contributed by atoms with van der Waals surface area (Å²) in [6.07, 6.45) is 4.72. The molecule has 2 N–H and O–H groups in total. The van der Waals surface area contributed by atoms with E-state index in [-0.39, 0.29) is 11.7 Å². The van der Waals surface area contributed by atoms with Crippen LogP contribution in [0, 0.1) is 17.3 Å². The zero-order valence-electron chi connectivity index (χ0n) is 15.2. The number of halogens is 1. The minimum Gasteiger partial charge on any atom is -0.368 e. The smallest absolute Gasteiger partial charge is 0.234 e. The Hall–Kier alpha value is -3.61. The molecule has 1 fully saturated rings. The Labute approximate surface area is 160 Å². The van der Waals surface area contributed by atoms with Crippen molar-refractivity contribution >= 4 is 11.8 Å². The second kappa shape index (κ2) is 7.19. The minimum absolute atomic E-state index is 0.0945. The molecule has 0 unspecified atom stereocenters. The first-order valence-electron chi connectivity index (χ1n) is 8.85. The van der Waals surface area contributed by atoms with Gasteiger partial charge in [0.1, 0.15) is 17.7 Å². The lowest BCUT2D eigenvalue weighted by molar-refractivity contribution is 0.472. The molecule has 0 saturated carbocycles. The number of piperidine rings is 1. The molecule has 0 spiro atoms. The molecule has 142 valence electrons. The average Bonchev–Trinajstić information content (AvgIpc) is 3.07. The maximum Gasteiger partial charge on any atom is 0.234 e. The third-order valence-electron chi connectivity index (χ3n) is 5.01. The van der Waals surface area contributed by atoms with Crippen LogP contribution in [-0.4, -0.2) is 42.8 Å². The fraction of sp³-hybridized carbons (Fsp3) is 0.333. The van der Waals surface area contributed by atoms with E-state index in [1.54, 1.807) is 12.3 Å². The molecule has 3 aromatic heterocycles. The predicted octanol–water partition coefficient (Wildman–Crippen LogP) is 1.64. The van der Waals surface area contributed by atoms with E-state index >= 15 is 0 Å². The van der Waals surface area contributed by atoms with Crippen LogP contribution in [0.3, 0.4) is 0 Å². The molecular weight excluding hydrogens is 361 g/mol. The largest absolute Gasteiger partial charge is 0.368 e.